The van der Waals surface area contributed by atoms with Crippen molar-refractivity contribution in [3.8, 4) is 0 Å². The van der Waals surface area contributed by atoms with Crippen LogP contribution in [0, 0.1) is 0 Å². The molecule has 1 heterocycles. The molecule has 0 unspecified atom stereocenters. The molecule has 1 amide bonds. The van der Waals surface area contributed by atoms with E-state index in [2.05, 4.69) is 6.92 Å². The van der Waals surface area contributed by atoms with Crippen LogP contribution in [0.3, 0.4) is 0 Å². The van der Waals surface area contributed by atoms with E-state index in [4.69, 9.17) is 11.6 Å². The molecule has 1 aliphatic rings. The molecule has 3 nitrogen and oxygen atoms in total. The van der Waals surface area contributed by atoms with E-state index in [1.165, 1.54) is 0 Å². The number of nitrogens with zero attached hydrogens (tertiary/aromatic N) is 1. The highest BCUT2D eigenvalue weighted by atomic mass is 35.5. The van der Waals surface area contributed by atoms with Gasteiger partial charge in [-0.25, -0.2) is 0 Å². The van der Waals surface area contributed by atoms with Crippen molar-refractivity contribution in [3.05, 3.63) is 28.8 Å². The van der Waals surface area contributed by atoms with Crippen molar-refractivity contribution in [3.63, 3.8) is 0 Å². The Morgan fingerprint density at radius 3 is 2.71 bits per heavy atom. The molecule has 0 spiro atoms. The van der Waals surface area contributed by atoms with Gasteiger partial charge in [0.15, 0.2) is 0 Å². The fourth-order valence-electron chi connectivity index (χ4n) is 2.01. The molecule has 0 aromatic heterocycles. The number of carbonyl (C=O) groups excluding carboxylic acids is 2. The second kappa shape index (κ2) is 4.88. The molecule has 0 atom stereocenters. The average molecular weight is 252 g/mol. The van der Waals surface area contributed by atoms with E-state index in [0.717, 1.165) is 19.3 Å². The minimum atomic E-state index is -0.445. The van der Waals surface area contributed by atoms with Crippen LogP contribution in [0.1, 0.15) is 36.5 Å². The van der Waals surface area contributed by atoms with Crippen LogP contribution in [0.4, 0.5) is 5.69 Å². The zero-order valence-electron chi connectivity index (χ0n) is 9.70. The maximum absolute atomic E-state index is 11.8. The number of hydrogen-bond acceptors (Lipinski definition) is 2. The fraction of sp³-hybridized carbons (Fsp3) is 0.385. The van der Waals surface area contributed by atoms with Crippen LogP contribution in [0.2, 0.25) is 5.02 Å². The molecule has 0 bridgehead atoms. The normalized spacial score (nSPS) is 14.4. The van der Waals surface area contributed by atoms with Gasteiger partial charge < -0.3 is 4.90 Å². The Balaban J connectivity index is 2.25. The summed E-state index contributed by atoms with van der Waals surface area (Å²) in [5.74, 6) is -0.877. The SMILES string of the molecule is CCCCCN1C(=O)C(=O)c2cc(Cl)ccc21. The highest BCUT2D eigenvalue weighted by Gasteiger charge is 2.35. The summed E-state index contributed by atoms with van der Waals surface area (Å²) in [4.78, 5) is 25.1. The van der Waals surface area contributed by atoms with Crippen molar-refractivity contribution < 1.29 is 9.59 Å². The summed E-state index contributed by atoms with van der Waals surface area (Å²) in [6, 6.07) is 5.02. The number of ketones is 1. The van der Waals surface area contributed by atoms with Crippen LogP contribution in [0.5, 0.6) is 0 Å². The lowest BCUT2D eigenvalue weighted by atomic mass is 10.1. The topological polar surface area (TPSA) is 37.4 Å². The van der Waals surface area contributed by atoms with Gasteiger partial charge in [-0.2, -0.15) is 0 Å². The van der Waals surface area contributed by atoms with Crippen molar-refractivity contribution >= 4 is 29.0 Å². The van der Waals surface area contributed by atoms with E-state index >= 15 is 0 Å². The molecule has 0 fully saturated rings. The Bertz CT molecular complexity index is 470. The Kier molecular flexibility index (Phi) is 3.48. The van der Waals surface area contributed by atoms with Crippen LogP contribution >= 0.6 is 11.6 Å². The zero-order valence-corrected chi connectivity index (χ0v) is 10.5. The molecule has 1 aliphatic heterocycles. The minimum Gasteiger partial charge on any atom is -0.305 e. The smallest absolute Gasteiger partial charge is 0.299 e. The predicted molar refractivity (Wildman–Crippen MR) is 67.7 cm³/mol. The number of anilines is 1. The van der Waals surface area contributed by atoms with Gasteiger partial charge in [-0.05, 0) is 24.6 Å². The Morgan fingerprint density at radius 1 is 1.24 bits per heavy atom. The number of Topliss-reactive ketones (excluding diaryl/α,β-unsaturated/α-hetero) is 1. The number of amides is 1. The quantitative estimate of drug-likeness (QED) is 0.609. The first-order valence-corrected chi connectivity index (χ1v) is 6.18. The third-order valence-electron chi connectivity index (χ3n) is 2.92. The first-order valence-electron chi connectivity index (χ1n) is 5.81. The molecule has 17 heavy (non-hydrogen) atoms. The summed E-state index contributed by atoms with van der Waals surface area (Å²) in [5, 5.41) is 0.486. The molecular weight excluding hydrogens is 238 g/mol. The van der Waals surface area contributed by atoms with Gasteiger partial charge in [-0.3, -0.25) is 9.59 Å². The number of hydrogen-bond donors (Lipinski definition) is 0. The average Bonchev–Trinajstić information content (AvgIpc) is 2.54. The Morgan fingerprint density at radius 2 is 2.00 bits per heavy atom. The molecule has 0 N–H and O–H groups in total. The van der Waals surface area contributed by atoms with Crippen LogP contribution in [0.25, 0.3) is 0 Å². The van der Waals surface area contributed by atoms with Gasteiger partial charge in [0.05, 0.1) is 11.3 Å². The standard InChI is InChI=1S/C13H14ClNO2/c1-2-3-4-7-15-11-6-5-9(14)8-10(11)12(16)13(15)17/h5-6,8H,2-4,7H2,1H3. The van der Waals surface area contributed by atoms with Crippen molar-refractivity contribution in [2.75, 3.05) is 11.4 Å². The highest BCUT2D eigenvalue weighted by molar-refractivity contribution is 6.52. The first-order chi connectivity index (χ1) is 8.15. The molecule has 0 saturated carbocycles. The van der Waals surface area contributed by atoms with Gasteiger partial charge in [0.2, 0.25) is 0 Å². The van der Waals surface area contributed by atoms with Crippen molar-refractivity contribution in [2.24, 2.45) is 0 Å². The molecule has 4 heteroatoms. The van der Waals surface area contributed by atoms with Crippen LogP contribution in [-0.4, -0.2) is 18.2 Å². The second-order valence-corrected chi connectivity index (χ2v) is 4.59. The third kappa shape index (κ3) is 2.20. The van der Waals surface area contributed by atoms with Crippen LogP contribution in [0.15, 0.2) is 18.2 Å². The van der Waals surface area contributed by atoms with Crippen LogP contribution in [-0.2, 0) is 4.79 Å². The van der Waals surface area contributed by atoms with E-state index in [0.29, 0.717) is 22.8 Å². The van der Waals surface area contributed by atoms with E-state index in [9.17, 15) is 9.59 Å². The van der Waals surface area contributed by atoms with Gasteiger partial charge in [-0.1, -0.05) is 31.4 Å². The van der Waals surface area contributed by atoms with E-state index in [1.54, 1.807) is 23.1 Å². The summed E-state index contributed by atoms with van der Waals surface area (Å²) in [6.07, 6.45) is 3.06. The molecule has 0 saturated heterocycles. The molecule has 1 aromatic carbocycles. The lowest BCUT2D eigenvalue weighted by molar-refractivity contribution is -0.114. The summed E-state index contributed by atoms with van der Waals surface area (Å²) in [5.41, 5.74) is 1.12. The van der Waals surface area contributed by atoms with Gasteiger partial charge in [0.1, 0.15) is 0 Å². The van der Waals surface area contributed by atoms with Crippen molar-refractivity contribution in [1.82, 2.24) is 0 Å². The van der Waals surface area contributed by atoms with E-state index in [1.807, 2.05) is 0 Å². The Labute approximate surface area is 105 Å². The maximum Gasteiger partial charge on any atom is 0.299 e. The molecule has 2 rings (SSSR count). The highest BCUT2D eigenvalue weighted by Crippen LogP contribution is 2.31. The molecule has 0 aliphatic carbocycles. The summed E-state index contributed by atoms with van der Waals surface area (Å²) in [7, 11) is 0. The fourth-order valence-corrected chi connectivity index (χ4v) is 2.19. The molecule has 1 aromatic rings. The molecular formula is C13H14ClNO2. The van der Waals surface area contributed by atoms with Gasteiger partial charge >= 0.3 is 0 Å². The number of benzene rings is 1. The first kappa shape index (κ1) is 12.1. The summed E-state index contributed by atoms with van der Waals surface area (Å²) >= 11 is 5.83. The van der Waals surface area contributed by atoms with E-state index < -0.39 is 11.7 Å². The summed E-state index contributed by atoms with van der Waals surface area (Å²) in [6.45, 7) is 2.71. The van der Waals surface area contributed by atoms with Gasteiger partial charge in [0, 0.05) is 11.6 Å². The third-order valence-corrected chi connectivity index (χ3v) is 3.15. The largest absolute Gasteiger partial charge is 0.305 e. The minimum absolute atomic E-state index is 0.430. The maximum atomic E-state index is 11.8. The van der Waals surface area contributed by atoms with Crippen molar-refractivity contribution in [2.45, 2.75) is 26.2 Å². The van der Waals surface area contributed by atoms with Crippen LogP contribution < -0.4 is 4.90 Å². The number of rotatable bonds is 4. The Hall–Kier alpha value is -1.35. The molecule has 90 valence electrons. The number of fused-ring (bicyclic) bond motifs is 1. The number of unbranched alkanes of at least 4 members (excludes halogenated alkanes) is 2. The van der Waals surface area contributed by atoms with Gasteiger partial charge in [-0.15, -0.1) is 0 Å². The monoisotopic (exact) mass is 251 g/mol. The molecule has 0 radical (unpaired) electrons. The number of carbonyl (C=O) groups is 2. The zero-order chi connectivity index (χ0) is 12.4. The van der Waals surface area contributed by atoms with Gasteiger partial charge in [0.25, 0.3) is 11.7 Å². The number of halogens is 1. The lowest BCUT2D eigenvalue weighted by Crippen LogP contribution is -2.30. The predicted octanol–water partition coefficient (Wildman–Crippen LogP) is 3.06. The second-order valence-electron chi connectivity index (χ2n) is 4.15. The van der Waals surface area contributed by atoms with Crippen molar-refractivity contribution in [1.29, 1.82) is 0 Å². The lowest BCUT2D eigenvalue weighted by Gasteiger charge is -2.15. The summed E-state index contributed by atoms with van der Waals surface area (Å²) < 4.78 is 0. The van der Waals surface area contributed by atoms with E-state index in [-0.39, 0.29) is 0 Å².